The van der Waals surface area contributed by atoms with Crippen LogP contribution in [0.15, 0.2) is 91.0 Å². The van der Waals surface area contributed by atoms with Gasteiger partial charge in [0, 0.05) is 0 Å². The highest BCUT2D eigenvalue weighted by molar-refractivity contribution is 7.63. The van der Waals surface area contributed by atoms with Gasteiger partial charge in [0.05, 0.1) is 28.5 Å². The Kier molecular flexibility index (Phi) is 6.57. The van der Waals surface area contributed by atoms with Gasteiger partial charge in [0.2, 0.25) is 0 Å². The number of hydrogen-bond donors (Lipinski definition) is 1. The van der Waals surface area contributed by atoms with Gasteiger partial charge in [-0.25, -0.2) is 0 Å². The van der Waals surface area contributed by atoms with E-state index in [2.05, 4.69) is 69.2 Å². The lowest BCUT2D eigenvalue weighted by atomic mass is 9.75. The fourth-order valence-electron chi connectivity index (χ4n) is 5.42. The molecule has 3 atom stereocenters. The Morgan fingerprint density at radius 3 is 1.57 bits per heavy atom. The molecule has 0 bridgehead atoms. The van der Waals surface area contributed by atoms with E-state index in [4.69, 9.17) is 9.31 Å². The normalized spacial score (nSPS) is 25.4. The summed E-state index contributed by atoms with van der Waals surface area (Å²) in [7, 11) is -3.56. The van der Waals surface area contributed by atoms with Gasteiger partial charge < -0.3 is 13.9 Å². The molecule has 1 N–H and O–H groups in total. The molecule has 2 aliphatic rings. The average Bonchev–Trinajstić information content (AvgIpc) is 3.31. The zero-order chi connectivity index (χ0) is 24.7. The predicted molar refractivity (Wildman–Crippen MR) is 144 cm³/mol. The van der Waals surface area contributed by atoms with Gasteiger partial charge in [-0.3, -0.25) is 5.09 Å². The third-order valence-corrected chi connectivity index (χ3v) is 11.7. The van der Waals surface area contributed by atoms with Gasteiger partial charge >= 0.3 is 7.12 Å². The molecule has 0 aromatic heterocycles. The molecular weight excluding hydrogens is 452 g/mol. The summed E-state index contributed by atoms with van der Waals surface area (Å²) in [6.07, 6.45) is 1.75. The minimum Gasteiger partial charge on any atom is -0.402 e. The second kappa shape index (κ2) is 9.37. The zero-order valence-corrected chi connectivity index (χ0v) is 22.0. The first-order chi connectivity index (χ1) is 16.7. The summed E-state index contributed by atoms with van der Waals surface area (Å²) in [5.41, 5.74) is 2.18. The molecule has 5 rings (SSSR count). The molecule has 2 aliphatic heterocycles. The first kappa shape index (κ1) is 24.5. The Morgan fingerprint density at radius 1 is 0.743 bits per heavy atom. The van der Waals surface area contributed by atoms with Crippen LogP contribution in [-0.2, 0) is 13.9 Å². The molecule has 3 aromatic carbocycles. The van der Waals surface area contributed by atoms with E-state index in [1.54, 1.807) is 0 Å². The largest absolute Gasteiger partial charge is 0.481 e. The standard InChI is InChI=1S/C29H35BNO3P/c1-28(2)29(3,4)34-30(33-28)27(24-18-12-7-13-19-24)31-35(32)25(22-14-8-5-9-15-22)20-21-26(35)23-16-10-6-11-17-23/h5-19,25-27H,20-21H2,1-4H3,(H,31,32)/t25-,26-,27-/m0/s1. The lowest BCUT2D eigenvalue weighted by Gasteiger charge is -2.33. The second-order valence-electron chi connectivity index (χ2n) is 10.8. The van der Waals surface area contributed by atoms with Crippen molar-refractivity contribution >= 4 is 14.4 Å². The maximum Gasteiger partial charge on any atom is 0.481 e. The van der Waals surface area contributed by atoms with Gasteiger partial charge in [-0.2, -0.15) is 0 Å². The molecule has 2 heterocycles. The van der Waals surface area contributed by atoms with Crippen molar-refractivity contribution in [3.63, 3.8) is 0 Å². The van der Waals surface area contributed by atoms with Crippen LogP contribution in [0.5, 0.6) is 0 Å². The van der Waals surface area contributed by atoms with Crippen molar-refractivity contribution in [2.75, 3.05) is 0 Å². The van der Waals surface area contributed by atoms with Crippen molar-refractivity contribution in [2.45, 2.75) is 69.0 Å². The molecular formula is C29H35BNO3P. The van der Waals surface area contributed by atoms with Crippen molar-refractivity contribution in [2.24, 2.45) is 0 Å². The maximum atomic E-state index is 15.3. The van der Waals surface area contributed by atoms with Crippen LogP contribution in [0.2, 0.25) is 0 Å². The maximum absolute atomic E-state index is 15.3. The van der Waals surface area contributed by atoms with Gasteiger partial charge in [-0.1, -0.05) is 91.0 Å². The van der Waals surface area contributed by atoms with Gasteiger partial charge in [0.15, 0.2) is 7.29 Å². The summed E-state index contributed by atoms with van der Waals surface area (Å²) in [5, 5.41) is 3.73. The molecule has 0 unspecified atom stereocenters. The van der Waals surface area contributed by atoms with Gasteiger partial charge in [0.1, 0.15) is 0 Å². The topological polar surface area (TPSA) is 47.6 Å². The smallest absolute Gasteiger partial charge is 0.402 e. The lowest BCUT2D eigenvalue weighted by Crippen LogP contribution is -2.41. The summed E-state index contributed by atoms with van der Waals surface area (Å²) in [6, 6.07) is 30.8. The SMILES string of the molecule is CC1(C)OB([C@@H](NP2(=O)[C@H](c3ccccc3)CC[C@H]2c2ccccc2)c2ccccc2)OC1(C)C. The molecule has 0 spiro atoms. The predicted octanol–water partition coefficient (Wildman–Crippen LogP) is 7.50. The third-order valence-electron chi connectivity index (χ3n) is 8.05. The number of benzene rings is 3. The van der Waals surface area contributed by atoms with Crippen molar-refractivity contribution < 1.29 is 13.9 Å². The molecule has 0 radical (unpaired) electrons. The monoisotopic (exact) mass is 487 g/mol. The summed E-state index contributed by atoms with van der Waals surface area (Å²) in [4.78, 5) is 0. The molecule has 35 heavy (non-hydrogen) atoms. The summed E-state index contributed by atoms with van der Waals surface area (Å²) in [5.74, 6) is -0.362. The number of hydrogen-bond acceptors (Lipinski definition) is 3. The first-order valence-electron chi connectivity index (χ1n) is 12.6. The molecule has 0 saturated carbocycles. The lowest BCUT2D eigenvalue weighted by molar-refractivity contribution is 0.00578. The quantitative estimate of drug-likeness (QED) is 0.289. The fraction of sp³-hybridized carbons (Fsp3) is 0.379. The second-order valence-corrected chi connectivity index (χ2v) is 13.7. The van der Waals surface area contributed by atoms with Crippen LogP contribution in [0.4, 0.5) is 0 Å². The van der Waals surface area contributed by atoms with Crippen LogP contribution in [0.1, 0.15) is 74.5 Å². The van der Waals surface area contributed by atoms with Crippen LogP contribution < -0.4 is 5.09 Å². The van der Waals surface area contributed by atoms with Crippen LogP contribution in [0.3, 0.4) is 0 Å². The van der Waals surface area contributed by atoms with Crippen molar-refractivity contribution in [3.8, 4) is 0 Å². The highest BCUT2D eigenvalue weighted by Crippen LogP contribution is 2.74. The fourth-order valence-corrected chi connectivity index (χ4v) is 9.21. The van der Waals surface area contributed by atoms with Crippen LogP contribution in [-0.4, -0.2) is 18.3 Å². The third kappa shape index (κ3) is 4.56. The van der Waals surface area contributed by atoms with E-state index in [9.17, 15) is 0 Å². The molecule has 182 valence electrons. The Morgan fingerprint density at radius 2 is 1.14 bits per heavy atom. The molecule has 2 saturated heterocycles. The molecule has 6 heteroatoms. The van der Waals surface area contributed by atoms with E-state index in [0.29, 0.717) is 0 Å². The highest BCUT2D eigenvalue weighted by atomic mass is 31.2. The van der Waals surface area contributed by atoms with Gasteiger partial charge in [-0.15, -0.1) is 0 Å². The highest BCUT2D eigenvalue weighted by Gasteiger charge is 2.57. The number of nitrogens with one attached hydrogen (secondary N) is 1. The Hall–Kier alpha value is -2.17. The van der Waals surface area contributed by atoms with Crippen molar-refractivity contribution in [3.05, 3.63) is 108 Å². The van der Waals surface area contributed by atoms with E-state index in [1.165, 1.54) is 0 Å². The van der Waals surface area contributed by atoms with E-state index in [0.717, 1.165) is 29.5 Å². The Bertz CT molecular complexity index is 1120. The summed E-state index contributed by atoms with van der Waals surface area (Å²) < 4.78 is 28.3. The number of rotatable bonds is 6. The molecule has 3 aromatic rings. The molecule has 0 aliphatic carbocycles. The van der Waals surface area contributed by atoms with E-state index in [1.807, 2.05) is 54.6 Å². The van der Waals surface area contributed by atoms with Gasteiger partial charge in [-0.05, 0) is 57.2 Å². The van der Waals surface area contributed by atoms with Crippen LogP contribution in [0.25, 0.3) is 0 Å². The molecule has 0 amide bonds. The van der Waals surface area contributed by atoms with Crippen molar-refractivity contribution in [1.82, 2.24) is 5.09 Å². The minimum absolute atomic E-state index is 0.0671. The molecule has 2 fully saturated rings. The van der Waals surface area contributed by atoms with Crippen molar-refractivity contribution in [1.29, 1.82) is 0 Å². The first-order valence-corrected chi connectivity index (χ1v) is 14.4. The minimum atomic E-state index is -3.00. The van der Waals surface area contributed by atoms with Gasteiger partial charge in [0.25, 0.3) is 0 Å². The molecule has 4 nitrogen and oxygen atoms in total. The summed E-state index contributed by atoms with van der Waals surface area (Å²) in [6.45, 7) is 8.25. The zero-order valence-electron chi connectivity index (χ0n) is 21.1. The Balaban J connectivity index is 1.58. The van der Waals surface area contributed by atoms with E-state index in [-0.39, 0.29) is 17.3 Å². The average molecular weight is 487 g/mol. The van der Waals surface area contributed by atoms with E-state index >= 15 is 4.57 Å². The van der Waals surface area contributed by atoms with E-state index < -0.39 is 25.6 Å². The Labute approximate surface area is 210 Å². The van der Waals surface area contributed by atoms with Crippen LogP contribution in [0, 0.1) is 0 Å². The summed E-state index contributed by atoms with van der Waals surface area (Å²) >= 11 is 0. The van der Waals surface area contributed by atoms with Crippen LogP contribution >= 0.6 is 7.29 Å².